The molecular formula is C18H20N4O. The molecule has 5 nitrogen and oxygen atoms in total. The molecule has 0 aliphatic heterocycles. The molecule has 0 atom stereocenters. The molecule has 0 saturated carbocycles. The van der Waals surface area contributed by atoms with E-state index < -0.39 is 0 Å². The Hall–Kier alpha value is -2.82. The van der Waals surface area contributed by atoms with Crippen LogP contribution >= 0.6 is 0 Å². The van der Waals surface area contributed by atoms with Gasteiger partial charge in [-0.3, -0.25) is 0 Å². The fourth-order valence-corrected chi connectivity index (χ4v) is 2.19. The van der Waals surface area contributed by atoms with Crippen LogP contribution in [-0.2, 0) is 6.54 Å². The molecular weight excluding hydrogens is 288 g/mol. The number of hydrogen-bond acceptors (Lipinski definition) is 5. The molecule has 3 rings (SSSR count). The average Bonchev–Trinajstić information content (AvgIpc) is 3.12. The summed E-state index contributed by atoms with van der Waals surface area (Å²) < 4.78 is 5.34. The van der Waals surface area contributed by atoms with Gasteiger partial charge in [0.15, 0.2) is 5.82 Å². The molecule has 118 valence electrons. The first-order valence-electron chi connectivity index (χ1n) is 7.80. The van der Waals surface area contributed by atoms with E-state index >= 15 is 0 Å². The van der Waals surface area contributed by atoms with Crippen LogP contribution in [0, 0.1) is 0 Å². The SMILES string of the molecule is CCCNc1cc(NCc2ccco2)nc(-c2ccccc2)n1. The van der Waals surface area contributed by atoms with Crippen LogP contribution in [0.25, 0.3) is 11.4 Å². The number of benzene rings is 1. The summed E-state index contributed by atoms with van der Waals surface area (Å²) in [5.74, 6) is 3.16. The van der Waals surface area contributed by atoms with Gasteiger partial charge in [-0.15, -0.1) is 0 Å². The van der Waals surface area contributed by atoms with Gasteiger partial charge in [0.1, 0.15) is 17.4 Å². The molecule has 3 aromatic rings. The number of furan rings is 1. The molecule has 5 heteroatoms. The number of hydrogen-bond donors (Lipinski definition) is 2. The number of nitrogens with zero attached hydrogens (tertiary/aromatic N) is 2. The topological polar surface area (TPSA) is 63.0 Å². The Morgan fingerprint density at radius 1 is 0.957 bits per heavy atom. The van der Waals surface area contributed by atoms with Gasteiger partial charge in [0.25, 0.3) is 0 Å². The predicted octanol–water partition coefficient (Wildman–Crippen LogP) is 4.17. The monoisotopic (exact) mass is 308 g/mol. The highest BCUT2D eigenvalue weighted by molar-refractivity contribution is 5.61. The molecule has 1 aromatic carbocycles. The van der Waals surface area contributed by atoms with Gasteiger partial charge in [0, 0.05) is 18.2 Å². The second-order valence-electron chi connectivity index (χ2n) is 5.19. The zero-order chi connectivity index (χ0) is 15.9. The number of anilines is 2. The van der Waals surface area contributed by atoms with E-state index in [1.807, 2.05) is 48.5 Å². The maximum absolute atomic E-state index is 5.34. The second kappa shape index (κ2) is 7.45. The van der Waals surface area contributed by atoms with Crippen LogP contribution in [0.2, 0.25) is 0 Å². The Bertz CT molecular complexity index is 726. The third-order valence-electron chi connectivity index (χ3n) is 3.34. The lowest BCUT2D eigenvalue weighted by Gasteiger charge is -2.10. The molecule has 2 heterocycles. The van der Waals surface area contributed by atoms with Crippen molar-refractivity contribution in [3.05, 3.63) is 60.6 Å². The van der Waals surface area contributed by atoms with Crippen LogP contribution in [0.4, 0.5) is 11.6 Å². The largest absolute Gasteiger partial charge is 0.467 e. The van der Waals surface area contributed by atoms with Crippen molar-refractivity contribution in [3.63, 3.8) is 0 Å². The van der Waals surface area contributed by atoms with Gasteiger partial charge < -0.3 is 15.1 Å². The summed E-state index contributed by atoms with van der Waals surface area (Å²) in [5, 5.41) is 6.61. The normalized spacial score (nSPS) is 10.5. The summed E-state index contributed by atoms with van der Waals surface area (Å²) in [6.07, 6.45) is 2.71. The molecule has 0 unspecified atom stereocenters. The van der Waals surface area contributed by atoms with Crippen molar-refractivity contribution >= 4 is 11.6 Å². The Balaban J connectivity index is 1.84. The Morgan fingerprint density at radius 3 is 2.43 bits per heavy atom. The fraction of sp³-hybridized carbons (Fsp3) is 0.222. The molecule has 2 N–H and O–H groups in total. The number of rotatable bonds is 7. The fourth-order valence-electron chi connectivity index (χ4n) is 2.19. The third kappa shape index (κ3) is 4.10. The highest BCUT2D eigenvalue weighted by Gasteiger charge is 2.07. The van der Waals surface area contributed by atoms with Crippen molar-refractivity contribution < 1.29 is 4.42 Å². The van der Waals surface area contributed by atoms with Gasteiger partial charge in [-0.05, 0) is 18.6 Å². The van der Waals surface area contributed by atoms with Crippen LogP contribution in [0.15, 0.2) is 59.2 Å². The molecule has 0 aliphatic carbocycles. The third-order valence-corrected chi connectivity index (χ3v) is 3.34. The van der Waals surface area contributed by atoms with Gasteiger partial charge in [-0.2, -0.15) is 0 Å². The van der Waals surface area contributed by atoms with Gasteiger partial charge in [0.05, 0.1) is 12.8 Å². The lowest BCUT2D eigenvalue weighted by Crippen LogP contribution is -2.07. The molecule has 2 aromatic heterocycles. The highest BCUT2D eigenvalue weighted by Crippen LogP contribution is 2.20. The summed E-state index contributed by atoms with van der Waals surface area (Å²) in [5.41, 5.74) is 0.994. The minimum atomic E-state index is 0.589. The van der Waals surface area contributed by atoms with Crippen LogP contribution in [0.3, 0.4) is 0 Å². The van der Waals surface area contributed by atoms with Crippen molar-refractivity contribution in [1.29, 1.82) is 0 Å². The first-order chi connectivity index (χ1) is 11.3. The highest BCUT2D eigenvalue weighted by atomic mass is 16.3. The predicted molar refractivity (Wildman–Crippen MR) is 92.3 cm³/mol. The van der Waals surface area contributed by atoms with E-state index in [1.165, 1.54) is 0 Å². The van der Waals surface area contributed by atoms with Gasteiger partial charge in [-0.1, -0.05) is 37.3 Å². The smallest absolute Gasteiger partial charge is 0.163 e. The molecule has 0 aliphatic rings. The Morgan fingerprint density at radius 2 is 1.74 bits per heavy atom. The van der Waals surface area contributed by atoms with E-state index in [9.17, 15) is 0 Å². The maximum atomic E-state index is 5.34. The van der Waals surface area contributed by atoms with Crippen molar-refractivity contribution in [2.24, 2.45) is 0 Å². The van der Waals surface area contributed by atoms with Crippen molar-refractivity contribution in [3.8, 4) is 11.4 Å². The standard InChI is InChI=1S/C18H20N4O/c1-2-10-19-16-12-17(20-13-15-9-6-11-23-15)22-18(21-16)14-7-4-3-5-8-14/h3-9,11-12H,2,10,13H2,1H3,(H2,19,20,21,22). The maximum Gasteiger partial charge on any atom is 0.163 e. The van der Waals surface area contributed by atoms with E-state index in [0.29, 0.717) is 12.4 Å². The summed E-state index contributed by atoms with van der Waals surface area (Å²) in [6, 6.07) is 15.7. The zero-order valence-electron chi connectivity index (χ0n) is 13.1. The zero-order valence-corrected chi connectivity index (χ0v) is 13.1. The summed E-state index contributed by atoms with van der Waals surface area (Å²) in [6.45, 7) is 3.59. The van der Waals surface area contributed by atoms with Crippen molar-refractivity contribution in [2.45, 2.75) is 19.9 Å². The second-order valence-corrected chi connectivity index (χ2v) is 5.19. The lowest BCUT2D eigenvalue weighted by atomic mass is 10.2. The van der Waals surface area contributed by atoms with Crippen molar-refractivity contribution in [1.82, 2.24) is 9.97 Å². The molecule has 0 fully saturated rings. The van der Waals surface area contributed by atoms with Crippen LogP contribution in [0.1, 0.15) is 19.1 Å². The summed E-state index contributed by atoms with van der Waals surface area (Å²) >= 11 is 0. The van der Waals surface area contributed by atoms with Gasteiger partial charge in [0.2, 0.25) is 0 Å². The van der Waals surface area contributed by atoms with Crippen LogP contribution in [0.5, 0.6) is 0 Å². The molecule has 0 radical (unpaired) electrons. The summed E-state index contributed by atoms with van der Waals surface area (Å²) in [7, 11) is 0. The summed E-state index contributed by atoms with van der Waals surface area (Å²) in [4.78, 5) is 9.21. The Labute approximate surface area is 135 Å². The quantitative estimate of drug-likeness (QED) is 0.686. The van der Waals surface area contributed by atoms with Gasteiger partial charge >= 0.3 is 0 Å². The van der Waals surface area contributed by atoms with Crippen molar-refractivity contribution in [2.75, 3.05) is 17.2 Å². The molecule has 0 amide bonds. The van der Waals surface area contributed by atoms with Gasteiger partial charge in [-0.25, -0.2) is 9.97 Å². The number of nitrogens with one attached hydrogen (secondary N) is 2. The number of aromatic nitrogens is 2. The first-order valence-corrected chi connectivity index (χ1v) is 7.80. The van der Waals surface area contributed by atoms with Crippen LogP contribution in [-0.4, -0.2) is 16.5 Å². The van der Waals surface area contributed by atoms with E-state index in [-0.39, 0.29) is 0 Å². The Kier molecular flexibility index (Phi) is 4.88. The molecule has 0 saturated heterocycles. The van der Waals surface area contributed by atoms with E-state index in [4.69, 9.17) is 4.42 Å². The van der Waals surface area contributed by atoms with E-state index in [0.717, 1.165) is 35.9 Å². The molecule has 0 spiro atoms. The van der Waals surface area contributed by atoms with E-state index in [1.54, 1.807) is 6.26 Å². The minimum Gasteiger partial charge on any atom is -0.467 e. The first kappa shape index (κ1) is 15.1. The van der Waals surface area contributed by atoms with E-state index in [2.05, 4.69) is 27.5 Å². The van der Waals surface area contributed by atoms with Crippen LogP contribution < -0.4 is 10.6 Å². The minimum absolute atomic E-state index is 0.589. The molecule has 23 heavy (non-hydrogen) atoms. The molecule has 0 bridgehead atoms. The lowest BCUT2D eigenvalue weighted by molar-refractivity contribution is 0.518. The average molecular weight is 308 g/mol.